The van der Waals surface area contributed by atoms with Crippen molar-refractivity contribution >= 4 is 10.4 Å². The first-order chi connectivity index (χ1) is 12.5. The van der Waals surface area contributed by atoms with Crippen LogP contribution in [0.15, 0.2) is 0 Å². The van der Waals surface area contributed by atoms with E-state index >= 15 is 0 Å². The molecule has 0 aromatic heterocycles. The average Bonchev–Trinajstić information content (AvgIpc) is 2.59. The third-order valence-corrected chi connectivity index (χ3v) is 4.42. The molecule has 0 fully saturated rings. The Morgan fingerprint density at radius 2 is 1.23 bits per heavy atom. The fourth-order valence-corrected chi connectivity index (χ4v) is 2.91. The lowest BCUT2D eigenvalue weighted by Crippen LogP contribution is -2.23. The van der Waals surface area contributed by atoms with E-state index in [1.807, 2.05) is 0 Å². The van der Waals surface area contributed by atoms with Gasteiger partial charge in [-0.2, -0.15) is 8.42 Å². The molecule has 0 amide bonds. The molecular formula is C18H38O7S. The summed E-state index contributed by atoms with van der Waals surface area (Å²) < 4.78 is 50.4. The normalized spacial score (nSPS) is 13.2. The number of hydrogen-bond donors (Lipinski definition) is 1. The highest BCUT2D eigenvalue weighted by molar-refractivity contribution is 7.80. The first kappa shape index (κ1) is 25.8. The van der Waals surface area contributed by atoms with Gasteiger partial charge in [0.1, 0.15) is 6.10 Å². The second-order valence-corrected chi connectivity index (χ2v) is 7.38. The molecule has 0 aromatic carbocycles. The molecule has 0 rings (SSSR count). The first-order valence-electron chi connectivity index (χ1n) is 9.88. The second kappa shape index (κ2) is 18.1. The quantitative estimate of drug-likeness (QED) is 0.246. The van der Waals surface area contributed by atoms with Crippen LogP contribution in [0.5, 0.6) is 0 Å². The van der Waals surface area contributed by atoms with Crippen molar-refractivity contribution in [3.8, 4) is 0 Å². The summed E-state index contributed by atoms with van der Waals surface area (Å²) in [5.41, 5.74) is 0. The first-order valence-corrected chi connectivity index (χ1v) is 11.2. The van der Waals surface area contributed by atoms with Crippen LogP contribution in [0.3, 0.4) is 0 Å². The molecule has 0 heterocycles. The van der Waals surface area contributed by atoms with Crippen LogP contribution in [0.25, 0.3) is 0 Å². The Kier molecular flexibility index (Phi) is 18.0. The highest BCUT2D eigenvalue weighted by atomic mass is 32.3. The maximum absolute atomic E-state index is 10.6. The third-order valence-electron chi connectivity index (χ3n) is 3.90. The second-order valence-electron chi connectivity index (χ2n) is 6.33. The van der Waals surface area contributed by atoms with E-state index in [0.717, 1.165) is 13.0 Å². The Labute approximate surface area is 159 Å². The van der Waals surface area contributed by atoms with Crippen molar-refractivity contribution in [1.82, 2.24) is 0 Å². The van der Waals surface area contributed by atoms with Gasteiger partial charge in [0.15, 0.2) is 0 Å². The fraction of sp³-hybridized carbons (Fsp3) is 1.00. The summed E-state index contributed by atoms with van der Waals surface area (Å²) in [6, 6.07) is 0. The molecule has 0 saturated carbocycles. The Morgan fingerprint density at radius 1 is 0.731 bits per heavy atom. The maximum Gasteiger partial charge on any atom is 0.397 e. The predicted molar refractivity (Wildman–Crippen MR) is 102 cm³/mol. The monoisotopic (exact) mass is 398 g/mol. The molecule has 0 bridgehead atoms. The lowest BCUT2D eigenvalue weighted by Gasteiger charge is -2.13. The van der Waals surface area contributed by atoms with Crippen LogP contribution in [0.4, 0.5) is 0 Å². The molecular weight excluding hydrogens is 360 g/mol. The molecule has 7 nitrogen and oxygen atoms in total. The van der Waals surface area contributed by atoms with Gasteiger partial charge in [-0.1, -0.05) is 58.8 Å². The van der Waals surface area contributed by atoms with Crippen LogP contribution in [0.2, 0.25) is 0 Å². The summed E-state index contributed by atoms with van der Waals surface area (Å²) in [6.45, 7) is 6.68. The van der Waals surface area contributed by atoms with Crippen molar-refractivity contribution in [2.75, 3.05) is 39.6 Å². The van der Waals surface area contributed by atoms with Crippen molar-refractivity contribution in [2.24, 2.45) is 0 Å². The van der Waals surface area contributed by atoms with Gasteiger partial charge < -0.3 is 14.2 Å². The molecule has 26 heavy (non-hydrogen) atoms. The van der Waals surface area contributed by atoms with E-state index in [9.17, 15) is 8.42 Å². The van der Waals surface area contributed by atoms with E-state index in [-0.39, 0.29) is 6.61 Å². The SMILES string of the molecule is CCCCCCCCCCOCCOCCOCC(CC)OS(=O)(=O)O. The highest BCUT2D eigenvalue weighted by Crippen LogP contribution is 2.08. The van der Waals surface area contributed by atoms with Crippen LogP contribution in [0, 0.1) is 0 Å². The van der Waals surface area contributed by atoms with E-state index in [1.54, 1.807) is 6.92 Å². The van der Waals surface area contributed by atoms with Gasteiger partial charge in [0, 0.05) is 6.61 Å². The molecule has 0 aliphatic carbocycles. The summed E-state index contributed by atoms with van der Waals surface area (Å²) >= 11 is 0. The van der Waals surface area contributed by atoms with Crippen molar-refractivity contribution in [1.29, 1.82) is 0 Å². The van der Waals surface area contributed by atoms with Gasteiger partial charge in [-0.3, -0.25) is 4.55 Å². The topological polar surface area (TPSA) is 91.3 Å². The summed E-state index contributed by atoms with van der Waals surface area (Å²) in [4.78, 5) is 0. The third kappa shape index (κ3) is 20.1. The maximum atomic E-state index is 10.6. The summed E-state index contributed by atoms with van der Waals surface area (Å²) in [7, 11) is -4.44. The van der Waals surface area contributed by atoms with Crippen molar-refractivity contribution < 1.29 is 31.4 Å². The standard InChI is InChI=1S/C18H38O7S/c1-3-5-6-7-8-9-10-11-12-22-13-14-23-15-16-24-17-18(4-2)25-26(19,20)21/h18H,3-17H2,1-2H3,(H,19,20,21). The van der Waals surface area contributed by atoms with Crippen LogP contribution in [-0.4, -0.2) is 58.7 Å². The molecule has 0 aromatic rings. The smallest absolute Gasteiger partial charge is 0.379 e. The van der Waals surface area contributed by atoms with E-state index in [2.05, 4.69) is 11.1 Å². The summed E-state index contributed by atoms with van der Waals surface area (Å²) in [6.07, 6.45) is 10.1. The molecule has 158 valence electrons. The van der Waals surface area contributed by atoms with Crippen molar-refractivity contribution in [3.05, 3.63) is 0 Å². The van der Waals surface area contributed by atoms with Gasteiger partial charge in [-0.15, -0.1) is 0 Å². The fourth-order valence-electron chi connectivity index (χ4n) is 2.38. The van der Waals surface area contributed by atoms with Crippen LogP contribution < -0.4 is 0 Å². The van der Waals surface area contributed by atoms with Gasteiger partial charge in [-0.05, 0) is 12.8 Å². The highest BCUT2D eigenvalue weighted by Gasteiger charge is 2.15. The summed E-state index contributed by atoms with van der Waals surface area (Å²) in [5.74, 6) is 0. The van der Waals surface area contributed by atoms with Gasteiger partial charge in [0.25, 0.3) is 0 Å². The zero-order chi connectivity index (χ0) is 19.5. The molecule has 1 atom stereocenters. The molecule has 0 spiro atoms. The van der Waals surface area contributed by atoms with E-state index < -0.39 is 16.5 Å². The number of ether oxygens (including phenoxy) is 3. The van der Waals surface area contributed by atoms with Gasteiger partial charge >= 0.3 is 10.4 Å². The Morgan fingerprint density at radius 3 is 1.77 bits per heavy atom. The summed E-state index contributed by atoms with van der Waals surface area (Å²) in [5, 5.41) is 0. The van der Waals surface area contributed by atoms with E-state index in [4.69, 9.17) is 18.8 Å². The number of hydrogen-bond acceptors (Lipinski definition) is 6. The zero-order valence-electron chi connectivity index (χ0n) is 16.5. The zero-order valence-corrected chi connectivity index (χ0v) is 17.3. The van der Waals surface area contributed by atoms with Gasteiger partial charge in [0.2, 0.25) is 0 Å². The van der Waals surface area contributed by atoms with Crippen LogP contribution in [0.1, 0.15) is 71.6 Å². The Bertz CT molecular complexity index is 387. The van der Waals surface area contributed by atoms with Crippen molar-refractivity contribution in [2.45, 2.75) is 77.7 Å². The van der Waals surface area contributed by atoms with E-state index in [1.165, 1.54) is 44.9 Å². The molecule has 0 aliphatic rings. The number of rotatable bonds is 20. The van der Waals surface area contributed by atoms with Gasteiger partial charge in [0.05, 0.1) is 33.0 Å². The lowest BCUT2D eigenvalue weighted by atomic mass is 10.1. The molecule has 1 unspecified atom stereocenters. The average molecular weight is 399 g/mol. The Balaban J connectivity index is 3.24. The molecule has 0 radical (unpaired) electrons. The minimum atomic E-state index is -4.44. The van der Waals surface area contributed by atoms with Crippen LogP contribution in [-0.2, 0) is 28.8 Å². The molecule has 1 N–H and O–H groups in total. The Hall–Kier alpha value is -0.250. The molecule has 0 saturated heterocycles. The lowest BCUT2D eigenvalue weighted by molar-refractivity contribution is -0.00609. The van der Waals surface area contributed by atoms with Gasteiger partial charge in [-0.25, -0.2) is 4.18 Å². The predicted octanol–water partition coefficient (Wildman–Crippen LogP) is 3.77. The minimum Gasteiger partial charge on any atom is -0.379 e. The molecule has 0 aliphatic heterocycles. The largest absolute Gasteiger partial charge is 0.397 e. The number of unbranched alkanes of at least 4 members (excludes halogenated alkanes) is 7. The van der Waals surface area contributed by atoms with Crippen molar-refractivity contribution in [3.63, 3.8) is 0 Å². The minimum absolute atomic E-state index is 0.0919. The van der Waals surface area contributed by atoms with E-state index in [0.29, 0.717) is 32.8 Å². The molecule has 8 heteroatoms. The van der Waals surface area contributed by atoms with Crippen LogP contribution >= 0.6 is 0 Å².